The average Bonchev–Trinajstić information content (AvgIpc) is 2.97. The summed E-state index contributed by atoms with van der Waals surface area (Å²) in [5.74, 6) is 1.69. The van der Waals surface area contributed by atoms with Crippen molar-refractivity contribution in [3.05, 3.63) is 23.7 Å². The van der Waals surface area contributed by atoms with E-state index in [4.69, 9.17) is 4.42 Å². The summed E-state index contributed by atoms with van der Waals surface area (Å²) in [4.78, 5) is 11.6. The first-order valence-electron chi connectivity index (χ1n) is 5.74. The molecule has 0 aliphatic heterocycles. The van der Waals surface area contributed by atoms with Crippen LogP contribution in [0.2, 0.25) is 0 Å². The minimum Gasteiger partial charge on any atom is -0.464 e. The summed E-state index contributed by atoms with van der Waals surface area (Å²) < 4.78 is 5.45. The van der Waals surface area contributed by atoms with Crippen molar-refractivity contribution in [3.8, 4) is 0 Å². The summed E-state index contributed by atoms with van der Waals surface area (Å²) in [6, 6.07) is 4.30. The molecule has 16 heavy (non-hydrogen) atoms. The van der Waals surface area contributed by atoms with Gasteiger partial charge in [0.15, 0.2) is 0 Å². The van der Waals surface area contributed by atoms with Crippen molar-refractivity contribution in [2.75, 3.05) is 6.54 Å². The highest BCUT2D eigenvalue weighted by atomic mass is 16.3. The Bertz CT molecular complexity index is 369. The lowest BCUT2D eigenvalue weighted by Crippen LogP contribution is -2.36. The summed E-state index contributed by atoms with van der Waals surface area (Å²) in [6.45, 7) is 4.22. The Morgan fingerprint density at radius 1 is 1.56 bits per heavy atom. The van der Waals surface area contributed by atoms with Crippen LogP contribution in [0, 0.1) is 6.92 Å². The largest absolute Gasteiger partial charge is 0.464 e. The lowest BCUT2D eigenvalue weighted by atomic mass is 10.2. The maximum absolute atomic E-state index is 11.6. The van der Waals surface area contributed by atoms with Gasteiger partial charge in [-0.25, -0.2) is 0 Å². The molecule has 1 aliphatic rings. The zero-order valence-corrected chi connectivity index (χ0v) is 9.75. The third-order valence-electron chi connectivity index (χ3n) is 2.69. The van der Waals surface area contributed by atoms with Crippen molar-refractivity contribution in [2.24, 2.45) is 0 Å². The zero-order valence-electron chi connectivity index (χ0n) is 9.75. The predicted molar refractivity (Wildman–Crippen MR) is 61.0 cm³/mol. The van der Waals surface area contributed by atoms with Crippen LogP contribution in [0.3, 0.4) is 0 Å². The molecular formula is C12H18N2O2. The van der Waals surface area contributed by atoms with E-state index in [0.717, 1.165) is 11.5 Å². The maximum atomic E-state index is 11.6. The second-order valence-corrected chi connectivity index (χ2v) is 4.39. The summed E-state index contributed by atoms with van der Waals surface area (Å²) in [7, 11) is 0. The topological polar surface area (TPSA) is 54.3 Å². The second-order valence-electron chi connectivity index (χ2n) is 4.39. The lowest BCUT2D eigenvalue weighted by molar-refractivity contribution is -0.121. The molecule has 1 saturated carbocycles. The van der Waals surface area contributed by atoms with E-state index in [-0.39, 0.29) is 11.9 Å². The fourth-order valence-electron chi connectivity index (χ4n) is 1.57. The Labute approximate surface area is 95.4 Å². The molecule has 0 spiro atoms. The molecule has 1 unspecified atom stereocenters. The molecule has 1 amide bonds. The van der Waals surface area contributed by atoms with Crippen LogP contribution in [0.5, 0.6) is 0 Å². The first kappa shape index (κ1) is 11.2. The van der Waals surface area contributed by atoms with Crippen LogP contribution in [0.25, 0.3) is 0 Å². The average molecular weight is 222 g/mol. The standard InChI is InChI=1S/C12H18N2O2/c1-8-3-6-11(16-8)9(2)14-12(15)7-13-10-4-5-10/h3,6,9-10,13H,4-5,7H2,1-2H3,(H,14,15). The van der Waals surface area contributed by atoms with Crippen LogP contribution in [0.1, 0.15) is 37.3 Å². The van der Waals surface area contributed by atoms with E-state index in [1.807, 2.05) is 26.0 Å². The molecule has 1 aliphatic carbocycles. The van der Waals surface area contributed by atoms with Crippen molar-refractivity contribution in [1.29, 1.82) is 0 Å². The van der Waals surface area contributed by atoms with Gasteiger partial charge in [0.2, 0.25) is 5.91 Å². The van der Waals surface area contributed by atoms with Gasteiger partial charge in [0.05, 0.1) is 12.6 Å². The van der Waals surface area contributed by atoms with E-state index in [2.05, 4.69) is 10.6 Å². The van der Waals surface area contributed by atoms with Gasteiger partial charge in [-0.15, -0.1) is 0 Å². The first-order chi connectivity index (χ1) is 7.65. The Morgan fingerprint density at radius 3 is 2.88 bits per heavy atom. The van der Waals surface area contributed by atoms with Crippen LogP contribution in [0.15, 0.2) is 16.5 Å². The fraction of sp³-hybridized carbons (Fsp3) is 0.583. The molecule has 1 aromatic rings. The van der Waals surface area contributed by atoms with Crippen LogP contribution >= 0.6 is 0 Å². The van der Waals surface area contributed by atoms with Crippen molar-refractivity contribution in [1.82, 2.24) is 10.6 Å². The molecule has 2 N–H and O–H groups in total. The number of nitrogens with one attached hydrogen (secondary N) is 2. The predicted octanol–water partition coefficient (Wildman–Crippen LogP) is 1.52. The number of rotatable bonds is 5. The summed E-state index contributed by atoms with van der Waals surface area (Å²) in [5.41, 5.74) is 0. The molecule has 4 nitrogen and oxygen atoms in total. The van der Waals surface area contributed by atoms with Gasteiger partial charge < -0.3 is 15.1 Å². The monoisotopic (exact) mass is 222 g/mol. The number of aryl methyl sites for hydroxylation is 1. The number of carbonyl (C=O) groups is 1. The highest BCUT2D eigenvalue weighted by Crippen LogP contribution is 2.18. The van der Waals surface area contributed by atoms with E-state index in [9.17, 15) is 4.79 Å². The van der Waals surface area contributed by atoms with Crippen LogP contribution in [-0.2, 0) is 4.79 Å². The van der Waals surface area contributed by atoms with Crippen LogP contribution < -0.4 is 10.6 Å². The molecule has 1 atom stereocenters. The molecule has 0 radical (unpaired) electrons. The van der Waals surface area contributed by atoms with Crippen LogP contribution in [0.4, 0.5) is 0 Å². The SMILES string of the molecule is Cc1ccc(C(C)NC(=O)CNC2CC2)o1. The van der Waals surface area contributed by atoms with Crippen molar-refractivity contribution < 1.29 is 9.21 Å². The minimum absolute atomic E-state index is 0.0217. The minimum atomic E-state index is -0.0674. The van der Waals surface area contributed by atoms with Gasteiger partial charge in [-0.05, 0) is 38.8 Å². The van der Waals surface area contributed by atoms with E-state index < -0.39 is 0 Å². The van der Waals surface area contributed by atoms with Gasteiger partial charge in [0, 0.05) is 6.04 Å². The third-order valence-corrected chi connectivity index (χ3v) is 2.69. The highest BCUT2D eigenvalue weighted by molar-refractivity contribution is 5.78. The molecule has 0 aromatic carbocycles. The van der Waals surface area contributed by atoms with Crippen molar-refractivity contribution in [2.45, 2.75) is 38.8 Å². The molecule has 0 saturated heterocycles. The Morgan fingerprint density at radius 2 is 2.31 bits per heavy atom. The molecule has 0 bridgehead atoms. The smallest absolute Gasteiger partial charge is 0.234 e. The van der Waals surface area contributed by atoms with E-state index >= 15 is 0 Å². The number of furan rings is 1. The fourth-order valence-corrected chi connectivity index (χ4v) is 1.57. The van der Waals surface area contributed by atoms with Gasteiger partial charge in [0.1, 0.15) is 11.5 Å². The molecule has 2 rings (SSSR count). The summed E-state index contributed by atoms with van der Waals surface area (Å²) in [6.07, 6.45) is 2.39. The third kappa shape index (κ3) is 3.10. The molecule has 4 heteroatoms. The molecule has 1 aromatic heterocycles. The van der Waals surface area contributed by atoms with Gasteiger partial charge >= 0.3 is 0 Å². The Balaban J connectivity index is 1.76. The second kappa shape index (κ2) is 4.70. The van der Waals surface area contributed by atoms with Gasteiger partial charge in [-0.2, -0.15) is 0 Å². The Kier molecular flexibility index (Phi) is 3.29. The number of amides is 1. The summed E-state index contributed by atoms with van der Waals surface area (Å²) >= 11 is 0. The number of carbonyl (C=O) groups excluding carboxylic acids is 1. The molecular weight excluding hydrogens is 204 g/mol. The van der Waals surface area contributed by atoms with Gasteiger partial charge in [-0.1, -0.05) is 0 Å². The zero-order chi connectivity index (χ0) is 11.5. The Hall–Kier alpha value is -1.29. The van der Waals surface area contributed by atoms with Crippen molar-refractivity contribution in [3.63, 3.8) is 0 Å². The van der Waals surface area contributed by atoms with Gasteiger partial charge in [-0.3, -0.25) is 4.79 Å². The molecule has 88 valence electrons. The number of hydrogen-bond acceptors (Lipinski definition) is 3. The summed E-state index contributed by atoms with van der Waals surface area (Å²) in [5, 5.41) is 6.07. The van der Waals surface area contributed by atoms with Crippen LogP contribution in [-0.4, -0.2) is 18.5 Å². The first-order valence-corrected chi connectivity index (χ1v) is 5.74. The highest BCUT2D eigenvalue weighted by Gasteiger charge is 2.21. The maximum Gasteiger partial charge on any atom is 0.234 e. The van der Waals surface area contributed by atoms with E-state index in [1.54, 1.807) is 0 Å². The van der Waals surface area contributed by atoms with Crippen molar-refractivity contribution >= 4 is 5.91 Å². The quantitative estimate of drug-likeness (QED) is 0.794. The number of hydrogen-bond donors (Lipinski definition) is 2. The normalized spacial score (nSPS) is 17.1. The van der Waals surface area contributed by atoms with E-state index in [0.29, 0.717) is 12.6 Å². The lowest BCUT2D eigenvalue weighted by Gasteiger charge is -2.11. The van der Waals surface area contributed by atoms with Gasteiger partial charge in [0.25, 0.3) is 0 Å². The molecule has 1 fully saturated rings. The van der Waals surface area contributed by atoms with E-state index in [1.165, 1.54) is 12.8 Å². The molecule has 1 heterocycles.